The van der Waals surface area contributed by atoms with Crippen molar-refractivity contribution in [3.8, 4) is 0 Å². The fraction of sp³-hybridized carbons (Fsp3) is 0.250. The number of rotatable bonds is 5. The van der Waals surface area contributed by atoms with Crippen LogP contribution in [0, 0.1) is 5.41 Å². The zero-order chi connectivity index (χ0) is 20.3. The normalized spacial score (nSPS) is 11.5. The van der Waals surface area contributed by atoms with Crippen LogP contribution in [0.25, 0.3) is 0 Å². The highest BCUT2D eigenvalue weighted by Gasteiger charge is 2.22. The zero-order valence-corrected chi connectivity index (χ0v) is 18.1. The summed E-state index contributed by atoms with van der Waals surface area (Å²) in [7, 11) is 0. The summed E-state index contributed by atoms with van der Waals surface area (Å²) < 4.78 is 1.73. The summed E-state index contributed by atoms with van der Waals surface area (Å²) in [5.74, 6) is -0.0544. The van der Waals surface area contributed by atoms with E-state index in [0.717, 1.165) is 16.1 Å². The first-order chi connectivity index (χ1) is 13.2. The Morgan fingerprint density at radius 2 is 1.79 bits per heavy atom. The predicted molar refractivity (Wildman–Crippen MR) is 114 cm³/mol. The molecule has 0 fully saturated rings. The fourth-order valence-corrected chi connectivity index (χ4v) is 3.57. The van der Waals surface area contributed by atoms with Crippen molar-refractivity contribution < 1.29 is 4.79 Å². The number of halogens is 2. The van der Waals surface area contributed by atoms with Gasteiger partial charge in [-0.15, -0.1) is 5.10 Å². The molecule has 0 radical (unpaired) electrons. The third-order valence-corrected chi connectivity index (χ3v) is 5.35. The van der Waals surface area contributed by atoms with Crippen LogP contribution in [0.5, 0.6) is 0 Å². The summed E-state index contributed by atoms with van der Waals surface area (Å²) in [6, 6.07) is 15.1. The van der Waals surface area contributed by atoms with Crippen LogP contribution in [0.1, 0.15) is 26.3 Å². The summed E-state index contributed by atoms with van der Waals surface area (Å²) in [6.07, 6.45) is 0. The number of carbonyl (C=O) groups is 1. The molecule has 3 rings (SSSR count). The highest BCUT2D eigenvalue weighted by Crippen LogP contribution is 2.34. The molecule has 1 aromatic heterocycles. The molecule has 28 heavy (non-hydrogen) atoms. The molecular weight excluding hydrogens is 415 g/mol. The quantitative estimate of drug-likeness (QED) is 0.553. The largest absolute Gasteiger partial charge is 0.325 e. The molecule has 0 aliphatic carbocycles. The molecule has 1 heterocycles. The Hall–Kier alpha value is -2.02. The average molecular weight is 435 g/mol. The molecule has 8 heteroatoms. The number of nitrogens with zero attached hydrogens (tertiary/aromatic N) is 3. The second-order valence-corrected chi connectivity index (χ2v) is 9.03. The van der Waals surface area contributed by atoms with Crippen molar-refractivity contribution in [2.24, 2.45) is 5.41 Å². The van der Waals surface area contributed by atoms with Crippen LogP contribution >= 0.6 is 35.0 Å². The van der Waals surface area contributed by atoms with Crippen LogP contribution in [-0.2, 0) is 11.3 Å². The number of aromatic nitrogens is 3. The molecule has 5 nitrogen and oxygen atoms in total. The predicted octanol–water partition coefficient (Wildman–Crippen LogP) is 5.77. The Bertz CT molecular complexity index is 981. The monoisotopic (exact) mass is 434 g/mol. The SMILES string of the molecule is CC(C)(C)C(=O)Nc1ccccc1Sc1nc(Cl)nn1Cc1ccc(Cl)cc1. The Morgan fingerprint density at radius 1 is 1.11 bits per heavy atom. The fourth-order valence-electron chi connectivity index (χ4n) is 2.31. The maximum Gasteiger partial charge on any atom is 0.243 e. The van der Waals surface area contributed by atoms with E-state index in [0.29, 0.717) is 16.7 Å². The van der Waals surface area contributed by atoms with Crippen LogP contribution in [0.3, 0.4) is 0 Å². The number of nitrogens with one attached hydrogen (secondary N) is 1. The molecular formula is C20H20Cl2N4OS. The van der Waals surface area contributed by atoms with E-state index in [4.69, 9.17) is 23.2 Å². The van der Waals surface area contributed by atoms with E-state index in [1.807, 2.05) is 69.3 Å². The number of para-hydroxylation sites is 1. The molecule has 0 atom stereocenters. The first-order valence-corrected chi connectivity index (χ1v) is 10.2. The number of benzene rings is 2. The molecule has 0 saturated heterocycles. The van der Waals surface area contributed by atoms with Crippen molar-refractivity contribution in [3.05, 3.63) is 64.4 Å². The molecule has 3 aromatic rings. The van der Waals surface area contributed by atoms with Gasteiger partial charge in [0.25, 0.3) is 0 Å². The molecule has 146 valence electrons. The molecule has 0 aliphatic rings. The number of anilines is 1. The second-order valence-electron chi connectivity index (χ2n) is 7.25. The number of hydrogen-bond donors (Lipinski definition) is 1. The van der Waals surface area contributed by atoms with Gasteiger partial charge in [0.2, 0.25) is 11.2 Å². The maximum absolute atomic E-state index is 12.4. The Kier molecular flexibility index (Phi) is 6.33. The summed E-state index contributed by atoms with van der Waals surface area (Å²) in [5, 5.41) is 8.76. The third kappa shape index (κ3) is 5.28. The Morgan fingerprint density at radius 3 is 2.46 bits per heavy atom. The highest BCUT2D eigenvalue weighted by molar-refractivity contribution is 7.99. The van der Waals surface area contributed by atoms with Gasteiger partial charge in [-0.05, 0) is 53.2 Å². The van der Waals surface area contributed by atoms with E-state index < -0.39 is 5.41 Å². The number of carbonyl (C=O) groups excluding carboxylic acids is 1. The molecule has 1 N–H and O–H groups in total. The van der Waals surface area contributed by atoms with E-state index in [9.17, 15) is 4.79 Å². The lowest BCUT2D eigenvalue weighted by Gasteiger charge is -2.19. The molecule has 0 bridgehead atoms. The van der Waals surface area contributed by atoms with E-state index in [-0.39, 0.29) is 11.2 Å². The zero-order valence-electron chi connectivity index (χ0n) is 15.7. The maximum atomic E-state index is 12.4. The molecule has 0 unspecified atom stereocenters. The third-order valence-electron chi connectivity index (χ3n) is 3.88. The van der Waals surface area contributed by atoms with E-state index in [1.165, 1.54) is 11.8 Å². The van der Waals surface area contributed by atoms with Crippen LogP contribution in [0.4, 0.5) is 5.69 Å². The standard InChI is InChI=1S/C20H20Cl2N4OS/c1-20(2,3)17(27)23-15-6-4-5-7-16(15)28-19-24-18(22)25-26(19)12-13-8-10-14(21)11-9-13/h4-11H,12H2,1-3H3,(H,23,27). The van der Waals surface area contributed by atoms with Crippen molar-refractivity contribution in [2.45, 2.75) is 37.4 Å². The topological polar surface area (TPSA) is 59.8 Å². The van der Waals surface area contributed by atoms with Crippen molar-refractivity contribution in [3.63, 3.8) is 0 Å². The molecule has 0 spiro atoms. The Labute approximate surface area is 178 Å². The molecule has 2 aromatic carbocycles. The first kappa shape index (κ1) is 20.7. The lowest BCUT2D eigenvalue weighted by molar-refractivity contribution is -0.123. The van der Waals surface area contributed by atoms with Crippen molar-refractivity contribution in [1.29, 1.82) is 0 Å². The van der Waals surface area contributed by atoms with Gasteiger partial charge in [0.05, 0.1) is 12.2 Å². The Balaban J connectivity index is 1.85. The highest BCUT2D eigenvalue weighted by atomic mass is 35.5. The molecule has 0 aliphatic heterocycles. The van der Waals surface area contributed by atoms with Gasteiger partial charge in [0, 0.05) is 15.3 Å². The van der Waals surface area contributed by atoms with E-state index in [2.05, 4.69) is 15.4 Å². The van der Waals surface area contributed by atoms with Gasteiger partial charge >= 0.3 is 0 Å². The number of amides is 1. The summed E-state index contributed by atoms with van der Waals surface area (Å²) in [6.45, 7) is 6.14. The van der Waals surface area contributed by atoms with Gasteiger partial charge in [-0.1, -0.05) is 56.6 Å². The summed E-state index contributed by atoms with van der Waals surface area (Å²) in [5.41, 5.74) is 1.27. The number of hydrogen-bond acceptors (Lipinski definition) is 4. The molecule has 0 saturated carbocycles. The van der Waals surface area contributed by atoms with Crippen molar-refractivity contribution >= 4 is 46.6 Å². The van der Waals surface area contributed by atoms with Crippen molar-refractivity contribution in [2.75, 3.05) is 5.32 Å². The van der Waals surface area contributed by atoms with Gasteiger partial charge in [0.1, 0.15) is 0 Å². The minimum Gasteiger partial charge on any atom is -0.325 e. The average Bonchev–Trinajstić information content (AvgIpc) is 2.97. The lowest BCUT2D eigenvalue weighted by atomic mass is 9.95. The minimum absolute atomic E-state index is 0.0544. The minimum atomic E-state index is -0.490. The van der Waals surface area contributed by atoms with Crippen LogP contribution < -0.4 is 5.32 Å². The van der Waals surface area contributed by atoms with Crippen molar-refractivity contribution in [1.82, 2.24) is 14.8 Å². The van der Waals surface area contributed by atoms with Gasteiger partial charge in [0.15, 0.2) is 5.16 Å². The molecule has 1 amide bonds. The van der Waals surface area contributed by atoms with Crippen LogP contribution in [0.15, 0.2) is 58.6 Å². The summed E-state index contributed by atoms with van der Waals surface area (Å²) in [4.78, 5) is 17.6. The van der Waals surface area contributed by atoms with E-state index >= 15 is 0 Å². The van der Waals surface area contributed by atoms with Gasteiger partial charge in [-0.25, -0.2) is 4.68 Å². The van der Waals surface area contributed by atoms with Gasteiger partial charge < -0.3 is 5.32 Å². The smallest absolute Gasteiger partial charge is 0.243 e. The van der Waals surface area contributed by atoms with Gasteiger partial charge in [-0.2, -0.15) is 4.98 Å². The summed E-state index contributed by atoms with van der Waals surface area (Å²) >= 11 is 13.4. The van der Waals surface area contributed by atoms with Crippen LogP contribution in [0.2, 0.25) is 10.3 Å². The van der Waals surface area contributed by atoms with E-state index in [1.54, 1.807) is 4.68 Å². The first-order valence-electron chi connectivity index (χ1n) is 8.65. The lowest BCUT2D eigenvalue weighted by Crippen LogP contribution is -2.27. The second kappa shape index (κ2) is 8.55. The van der Waals surface area contributed by atoms with Gasteiger partial charge in [-0.3, -0.25) is 4.79 Å². The van der Waals surface area contributed by atoms with Crippen LogP contribution in [-0.4, -0.2) is 20.7 Å².